The first-order valence-corrected chi connectivity index (χ1v) is 6.60. The Morgan fingerprint density at radius 2 is 2.38 bits per heavy atom. The van der Waals surface area contributed by atoms with E-state index in [1.54, 1.807) is 0 Å². The molecule has 1 aliphatic rings. The van der Waals surface area contributed by atoms with E-state index in [1.165, 1.54) is 0 Å². The van der Waals surface area contributed by atoms with E-state index in [2.05, 4.69) is 18.8 Å². The second kappa shape index (κ2) is 6.85. The third kappa shape index (κ3) is 3.44. The van der Waals surface area contributed by atoms with Gasteiger partial charge < -0.3 is 5.32 Å². The number of hydrogen-bond acceptors (Lipinski definition) is 2. The van der Waals surface area contributed by atoms with Gasteiger partial charge in [0.2, 0.25) is 0 Å². The predicted molar refractivity (Wildman–Crippen MR) is 68.5 cm³/mol. The highest BCUT2D eigenvalue weighted by atomic mass is 16.1. The fourth-order valence-electron chi connectivity index (χ4n) is 2.71. The summed E-state index contributed by atoms with van der Waals surface area (Å²) in [6.45, 7) is 7.85. The van der Waals surface area contributed by atoms with E-state index >= 15 is 0 Å². The third-order valence-electron chi connectivity index (χ3n) is 3.60. The molecule has 1 heterocycles. The van der Waals surface area contributed by atoms with Gasteiger partial charge in [-0.15, -0.1) is 6.58 Å². The molecule has 0 saturated carbocycles. The van der Waals surface area contributed by atoms with Crippen molar-refractivity contribution in [2.75, 3.05) is 13.1 Å². The SMILES string of the molecule is C=CCCCC(=O)C1(CCC)CCCNC1. The van der Waals surface area contributed by atoms with Crippen LogP contribution in [0, 0.1) is 5.41 Å². The van der Waals surface area contributed by atoms with E-state index in [9.17, 15) is 4.79 Å². The Kier molecular flexibility index (Phi) is 5.75. The Bertz CT molecular complexity index is 223. The summed E-state index contributed by atoms with van der Waals surface area (Å²) in [5.74, 6) is 0.475. The molecule has 0 amide bonds. The average molecular weight is 223 g/mol. The molecule has 1 saturated heterocycles. The molecule has 1 fully saturated rings. The van der Waals surface area contributed by atoms with Gasteiger partial charge in [0.15, 0.2) is 0 Å². The van der Waals surface area contributed by atoms with Gasteiger partial charge in [-0.3, -0.25) is 4.79 Å². The van der Waals surface area contributed by atoms with Gasteiger partial charge in [0, 0.05) is 18.4 Å². The highest BCUT2D eigenvalue weighted by Crippen LogP contribution is 2.34. The second-order valence-corrected chi connectivity index (χ2v) is 4.91. The Morgan fingerprint density at radius 3 is 2.94 bits per heavy atom. The van der Waals surface area contributed by atoms with E-state index < -0.39 is 0 Å². The Morgan fingerprint density at radius 1 is 1.56 bits per heavy atom. The number of unbranched alkanes of at least 4 members (excludes halogenated alkanes) is 1. The van der Waals surface area contributed by atoms with Crippen LogP contribution < -0.4 is 5.32 Å². The summed E-state index contributed by atoms with van der Waals surface area (Å²) in [6.07, 6.45) is 8.94. The van der Waals surface area contributed by atoms with Crippen LogP contribution in [-0.4, -0.2) is 18.9 Å². The molecule has 1 unspecified atom stereocenters. The predicted octanol–water partition coefficient (Wildman–Crippen LogP) is 3.08. The molecule has 92 valence electrons. The molecule has 2 nitrogen and oxygen atoms in total. The number of piperidine rings is 1. The van der Waals surface area contributed by atoms with Crippen molar-refractivity contribution in [2.45, 2.75) is 51.9 Å². The van der Waals surface area contributed by atoms with Crippen molar-refractivity contribution in [1.29, 1.82) is 0 Å². The van der Waals surface area contributed by atoms with Gasteiger partial charge in [0.05, 0.1) is 0 Å². The average Bonchev–Trinajstić information content (AvgIpc) is 2.31. The molecule has 1 aliphatic heterocycles. The summed E-state index contributed by atoms with van der Waals surface area (Å²) in [5.41, 5.74) is -0.0475. The van der Waals surface area contributed by atoms with Crippen LogP contribution in [0.2, 0.25) is 0 Å². The molecule has 0 aromatic rings. The van der Waals surface area contributed by atoms with E-state index in [-0.39, 0.29) is 5.41 Å². The molecule has 2 heteroatoms. The van der Waals surface area contributed by atoms with Crippen molar-refractivity contribution in [3.05, 3.63) is 12.7 Å². The van der Waals surface area contributed by atoms with Gasteiger partial charge in [-0.1, -0.05) is 19.4 Å². The molecule has 0 aliphatic carbocycles. The summed E-state index contributed by atoms with van der Waals surface area (Å²) in [5, 5.41) is 3.39. The molecular weight excluding hydrogens is 198 g/mol. The Balaban J connectivity index is 2.53. The fourth-order valence-corrected chi connectivity index (χ4v) is 2.71. The lowest BCUT2D eigenvalue weighted by Crippen LogP contribution is -2.45. The van der Waals surface area contributed by atoms with Crippen LogP contribution in [0.4, 0.5) is 0 Å². The topological polar surface area (TPSA) is 29.1 Å². The maximum Gasteiger partial charge on any atom is 0.140 e. The zero-order chi connectivity index (χ0) is 11.9. The summed E-state index contributed by atoms with van der Waals surface area (Å²) < 4.78 is 0. The van der Waals surface area contributed by atoms with Crippen molar-refractivity contribution in [1.82, 2.24) is 5.32 Å². The van der Waals surface area contributed by atoms with Gasteiger partial charge in [-0.25, -0.2) is 0 Å². The standard InChI is InChI=1S/C14H25NO/c1-3-5-6-8-13(16)14(9-4-2)10-7-11-15-12-14/h3,15H,1,4-12H2,2H3. The summed E-state index contributed by atoms with van der Waals surface area (Å²) >= 11 is 0. The maximum atomic E-state index is 12.3. The Labute approximate surface area is 99.5 Å². The van der Waals surface area contributed by atoms with Gasteiger partial charge in [-0.05, 0) is 38.6 Å². The minimum atomic E-state index is -0.0475. The minimum absolute atomic E-state index is 0.0475. The van der Waals surface area contributed by atoms with E-state index in [0.717, 1.165) is 58.0 Å². The van der Waals surface area contributed by atoms with Gasteiger partial charge in [0.25, 0.3) is 0 Å². The number of rotatable bonds is 7. The van der Waals surface area contributed by atoms with Crippen LogP contribution in [0.5, 0.6) is 0 Å². The first-order valence-electron chi connectivity index (χ1n) is 6.60. The quantitative estimate of drug-likeness (QED) is 0.531. The molecule has 0 aromatic heterocycles. The zero-order valence-corrected chi connectivity index (χ0v) is 10.6. The third-order valence-corrected chi connectivity index (χ3v) is 3.60. The van der Waals surface area contributed by atoms with Crippen LogP contribution in [0.15, 0.2) is 12.7 Å². The Hall–Kier alpha value is -0.630. The number of Topliss-reactive ketones (excluding diaryl/α,β-unsaturated/α-hetero) is 1. The molecule has 1 atom stereocenters. The van der Waals surface area contributed by atoms with E-state index in [0.29, 0.717) is 5.78 Å². The lowest BCUT2D eigenvalue weighted by Gasteiger charge is -2.36. The van der Waals surface area contributed by atoms with Gasteiger partial charge >= 0.3 is 0 Å². The smallest absolute Gasteiger partial charge is 0.140 e. The zero-order valence-electron chi connectivity index (χ0n) is 10.6. The number of carbonyl (C=O) groups excluding carboxylic acids is 1. The molecule has 1 N–H and O–H groups in total. The van der Waals surface area contributed by atoms with E-state index in [1.807, 2.05) is 6.08 Å². The number of carbonyl (C=O) groups is 1. The first-order chi connectivity index (χ1) is 7.75. The lowest BCUT2D eigenvalue weighted by molar-refractivity contribution is -0.130. The number of nitrogens with one attached hydrogen (secondary N) is 1. The largest absolute Gasteiger partial charge is 0.316 e. The van der Waals surface area contributed by atoms with Crippen molar-refractivity contribution in [2.24, 2.45) is 5.41 Å². The number of hydrogen-bond donors (Lipinski definition) is 1. The highest BCUT2D eigenvalue weighted by Gasteiger charge is 2.37. The molecule has 16 heavy (non-hydrogen) atoms. The molecule has 0 radical (unpaired) electrons. The first kappa shape index (κ1) is 13.4. The summed E-state index contributed by atoms with van der Waals surface area (Å²) in [7, 11) is 0. The molecule has 1 rings (SSSR count). The van der Waals surface area contributed by atoms with Crippen LogP contribution in [0.25, 0.3) is 0 Å². The monoisotopic (exact) mass is 223 g/mol. The minimum Gasteiger partial charge on any atom is -0.316 e. The summed E-state index contributed by atoms with van der Waals surface area (Å²) in [6, 6.07) is 0. The molecule has 0 bridgehead atoms. The second-order valence-electron chi connectivity index (χ2n) is 4.91. The molecular formula is C14H25NO. The van der Waals surface area contributed by atoms with Crippen LogP contribution in [0.3, 0.4) is 0 Å². The van der Waals surface area contributed by atoms with Gasteiger partial charge in [0.1, 0.15) is 5.78 Å². The van der Waals surface area contributed by atoms with Crippen molar-refractivity contribution in [3.8, 4) is 0 Å². The maximum absolute atomic E-state index is 12.3. The van der Waals surface area contributed by atoms with Crippen LogP contribution in [-0.2, 0) is 4.79 Å². The highest BCUT2D eigenvalue weighted by molar-refractivity contribution is 5.85. The molecule has 0 aromatic carbocycles. The van der Waals surface area contributed by atoms with E-state index in [4.69, 9.17) is 0 Å². The van der Waals surface area contributed by atoms with Crippen molar-refractivity contribution in [3.63, 3.8) is 0 Å². The van der Waals surface area contributed by atoms with Gasteiger partial charge in [-0.2, -0.15) is 0 Å². The summed E-state index contributed by atoms with van der Waals surface area (Å²) in [4.78, 5) is 12.3. The van der Waals surface area contributed by atoms with Crippen molar-refractivity contribution >= 4 is 5.78 Å². The lowest BCUT2D eigenvalue weighted by atomic mass is 9.72. The molecule has 0 spiro atoms. The van der Waals surface area contributed by atoms with Crippen LogP contribution >= 0.6 is 0 Å². The number of allylic oxidation sites excluding steroid dienone is 1. The normalized spacial score (nSPS) is 25.3. The van der Waals surface area contributed by atoms with Crippen LogP contribution in [0.1, 0.15) is 51.9 Å². The number of ketones is 1. The van der Waals surface area contributed by atoms with Crippen molar-refractivity contribution < 1.29 is 4.79 Å². The fraction of sp³-hybridized carbons (Fsp3) is 0.786.